The molecule has 2 N–H and O–H groups in total. The van der Waals surface area contributed by atoms with E-state index in [1.165, 1.54) is 0 Å². The van der Waals surface area contributed by atoms with Gasteiger partial charge in [0, 0.05) is 23.2 Å². The minimum atomic E-state index is -0.743. The SMILES string of the molecule is CCCc1nc2ccc(C3CC3C(=O)O)cc2c(-c2ccc(C)cc2)c1CNC(=O)OC(C)(C)C. The minimum absolute atomic E-state index is 0.0291. The Hall–Kier alpha value is -3.41. The molecule has 1 amide bonds. The van der Waals surface area contributed by atoms with Gasteiger partial charge in [0.05, 0.1) is 11.4 Å². The lowest BCUT2D eigenvalue weighted by molar-refractivity contribution is -0.138. The quantitative estimate of drug-likeness (QED) is 0.415. The first kappa shape index (κ1) is 24.7. The zero-order valence-electron chi connectivity index (χ0n) is 21.1. The van der Waals surface area contributed by atoms with Gasteiger partial charge in [-0.1, -0.05) is 49.2 Å². The Bertz CT molecular complexity index is 1260. The zero-order chi connectivity index (χ0) is 25.3. The Labute approximate surface area is 206 Å². The van der Waals surface area contributed by atoms with E-state index in [4.69, 9.17) is 9.72 Å². The number of nitrogens with zero attached hydrogens (tertiary/aromatic N) is 1. The molecule has 35 heavy (non-hydrogen) atoms. The van der Waals surface area contributed by atoms with Crippen molar-refractivity contribution in [3.8, 4) is 11.1 Å². The standard InChI is InChI=1S/C29H34N2O4/c1-6-7-24-23(16-30-28(34)35-29(3,4)5)26(18-10-8-17(2)9-11-18)22-14-19(12-13-25(22)31-24)20-15-21(20)27(32)33/h8-14,20-21H,6-7,15-16H2,1-5H3,(H,30,34)(H,32,33). The predicted octanol–water partition coefficient (Wildman–Crippen LogP) is 6.38. The van der Waals surface area contributed by atoms with E-state index < -0.39 is 17.7 Å². The fraction of sp³-hybridized carbons (Fsp3) is 0.414. The number of amides is 1. The van der Waals surface area contributed by atoms with Gasteiger partial charge in [-0.15, -0.1) is 0 Å². The lowest BCUT2D eigenvalue weighted by atomic mass is 9.91. The molecule has 0 aliphatic heterocycles. The Balaban J connectivity index is 1.85. The van der Waals surface area contributed by atoms with Crippen molar-refractivity contribution in [1.82, 2.24) is 10.3 Å². The Morgan fingerprint density at radius 1 is 1.14 bits per heavy atom. The number of alkyl carbamates (subject to hydrolysis) is 1. The number of pyridine rings is 1. The highest BCUT2D eigenvalue weighted by Crippen LogP contribution is 2.48. The topological polar surface area (TPSA) is 88.5 Å². The van der Waals surface area contributed by atoms with Crippen LogP contribution in [0.3, 0.4) is 0 Å². The maximum Gasteiger partial charge on any atom is 0.407 e. The van der Waals surface area contributed by atoms with Gasteiger partial charge in [0.25, 0.3) is 0 Å². The number of aryl methyl sites for hydroxylation is 2. The lowest BCUT2D eigenvalue weighted by Crippen LogP contribution is -2.32. The average Bonchev–Trinajstić information content (AvgIpc) is 3.58. The second kappa shape index (κ2) is 9.68. The van der Waals surface area contributed by atoms with Crippen LogP contribution in [0.1, 0.15) is 68.8 Å². The first-order valence-corrected chi connectivity index (χ1v) is 12.3. The van der Waals surface area contributed by atoms with E-state index in [-0.39, 0.29) is 11.8 Å². The van der Waals surface area contributed by atoms with Crippen molar-refractivity contribution >= 4 is 23.0 Å². The van der Waals surface area contributed by atoms with Crippen LogP contribution in [0.25, 0.3) is 22.0 Å². The summed E-state index contributed by atoms with van der Waals surface area (Å²) in [5.74, 6) is -1.04. The van der Waals surface area contributed by atoms with E-state index in [9.17, 15) is 14.7 Å². The number of aromatic nitrogens is 1. The van der Waals surface area contributed by atoms with Gasteiger partial charge < -0.3 is 15.2 Å². The third-order valence-electron chi connectivity index (χ3n) is 6.37. The summed E-state index contributed by atoms with van der Waals surface area (Å²) < 4.78 is 5.48. The number of aliphatic carboxylic acids is 1. The molecule has 1 aliphatic carbocycles. The van der Waals surface area contributed by atoms with Crippen LogP contribution in [-0.4, -0.2) is 27.8 Å². The number of ether oxygens (including phenoxy) is 1. The van der Waals surface area contributed by atoms with E-state index in [1.54, 1.807) is 0 Å². The smallest absolute Gasteiger partial charge is 0.407 e. The van der Waals surface area contributed by atoms with Crippen LogP contribution in [0.2, 0.25) is 0 Å². The summed E-state index contributed by atoms with van der Waals surface area (Å²) in [7, 11) is 0. The molecule has 1 heterocycles. The number of carboxylic acids is 1. The fourth-order valence-corrected chi connectivity index (χ4v) is 4.60. The molecule has 1 fully saturated rings. The Kier molecular flexibility index (Phi) is 6.84. The first-order valence-electron chi connectivity index (χ1n) is 12.3. The summed E-state index contributed by atoms with van der Waals surface area (Å²) in [6.07, 6.45) is 1.90. The maximum absolute atomic E-state index is 12.5. The second-order valence-electron chi connectivity index (χ2n) is 10.4. The van der Waals surface area contributed by atoms with Crippen LogP contribution in [0.5, 0.6) is 0 Å². The van der Waals surface area contributed by atoms with Crippen LogP contribution >= 0.6 is 0 Å². The maximum atomic E-state index is 12.5. The highest BCUT2D eigenvalue weighted by molar-refractivity contribution is 5.97. The molecule has 3 aromatic rings. The fourth-order valence-electron chi connectivity index (χ4n) is 4.60. The van der Waals surface area contributed by atoms with Gasteiger partial charge in [-0.25, -0.2) is 4.79 Å². The van der Waals surface area contributed by atoms with E-state index in [2.05, 4.69) is 49.5 Å². The molecule has 0 spiro atoms. The molecular formula is C29H34N2O4. The van der Waals surface area contributed by atoms with Crippen LogP contribution in [-0.2, 0) is 22.5 Å². The van der Waals surface area contributed by atoms with Gasteiger partial charge in [-0.05, 0) is 75.3 Å². The third kappa shape index (κ3) is 5.64. The van der Waals surface area contributed by atoms with Gasteiger partial charge in [-0.3, -0.25) is 9.78 Å². The molecule has 1 aliphatic rings. The minimum Gasteiger partial charge on any atom is -0.481 e. The van der Waals surface area contributed by atoms with Crippen LogP contribution in [0.15, 0.2) is 42.5 Å². The molecule has 1 aromatic heterocycles. The van der Waals surface area contributed by atoms with Crippen molar-refractivity contribution in [2.75, 3.05) is 0 Å². The molecule has 184 valence electrons. The van der Waals surface area contributed by atoms with Crippen LogP contribution in [0, 0.1) is 12.8 Å². The van der Waals surface area contributed by atoms with Gasteiger partial charge in [0.15, 0.2) is 0 Å². The van der Waals surface area contributed by atoms with E-state index in [1.807, 2.05) is 32.9 Å². The molecule has 0 saturated heterocycles. The van der Waals surface area contributed by atoms with Crippen LogP contribution in [0.4, 0.5) is 4.79 Å². The Morgan fingerprint density at radius 2 is 1.86 bits per heavy atom. The molecule has 6 nitrogen and oxygen atoms in total. The van der Waals surface area contributed by atoms with Crippen molar-refractivity contribution in [1.29, 1.82) is 0 Å². The highest BCUT2D eigenvalue weighted by atomic mass is 16.6. The first-order chi connectivity index (χ1) is 16.6. The van der Waals surface area contributed by atoms with Crippen molar-refractivity contribution < 1.29 is 19.4 Å². The van der Waals surface area contributed by atoms with Crippen molar-refractivity contribution in [2.45, 2.75) is 71.9 Å². The van der Waals surface area contributed by atoms with Crippen LogP contribution < -0.4 is 5.32 Å². The third-order valence-corrected chi connectivity index (χ3v) is 6.37. The van der Waals surface area contributed by atoms with E-state index >= 15 is 0 Å². The summed E-state index contributed by atoms with van der Waals surface area (Å²) in [5.41, 5.74) is 6.48. The second-order valence-corrected chi connectivity index (χ2v) is 10.4. The Morgan fingerprint density at radius 3 is 2.46 bits per heavy atom. The number of carbonyl (C=O) groups excluding carboxylic acids is 1. The summed E-state index contributed by atoms with van der Waals surface area (Å²) in [5, 5.41) is 13.3. The largest absolute Gasteiger partial charge is 0.481 e. The molecule has 2 aromatic carbocycles. The normalized spacial score (nSPS) is 17.3. The summed E-state index contributed by atoms with van der Waals surface area (Å²) >= 11 is 0. The number of hydrogen-bond donors (Lipinski definition) is 2. The van der Waals surface area contributed by atoms with Gasteiger partial charge in [-0.2, -0.15) is 0 Å². The lowest BCUT2D eigenvalue weighted by Gasteiger charge is -2.22. The molecule has 0 bridgehead atoms. The molecular weight excluding hydrogens is 440 g/mol. The molecule has 4 rings (SSSR count). The zero-order valence-corrected chi connectivity index (χ0v) is 21.1. The summed E-state index contributed by atoms with van der Waals surface area (Å²) in [4.78, 5) is 29.0. The summed E-state index contributed by atoms with van der Waals surface area (Å²) in [6.45, 7) is 9.99. The molecule has 2 unspecified atom stereocenters. The van der Waals surface area contributed by atoms with Crippen molar-refractivity contribution in [3.05, 3.63) is 64.8 Å². The monoisotopic (exact) mass is 474 g/mol. The molecule has 6 heteroatoms. The molecule has 2 atom stereocenters. The number of fused-ring (bicyclic) bond motifs is 1. The van der Waals surface area contributed by atoms with Gasteiger partial charge in [0.1, 0.15) is 5.60 Å². The van der Waals surface area contributed by atoms with Gasteiger partial charge >= 0.3 is 12.1 Å². The van der Waals surface area contributed by atoms with E-state index in [0.29, 0.717) is 13.0 Å². The number of carbonyl (C=O) groups is 2. The number of nitrogens with one attached hydrogen (secondary N) is 1. The molecule has 1 saturated carbocycles. The average molecular weight is 475 g/mol. The van der Waals surface area contributed by atoms with E-state index in [0.717, 1.165) is 57.3 Å². The van der Waals surface area contributed by atoms with Gasteiger partial charge in [0.2, 0.25) is 0 Å². The predicted molar refractivity (Wildman–Crippen MR) is 137 cm³/mol. The number of benzene rings is 2. The number of hydrogen-bond acceptors (Lipinski definition) is 4. The van der Waals surface area contributed by atoms with Crippen molar-refractivity contribution in [2.24, 2.45) is 5.92 Å². The van der Waals surface area contributed by atoms with Crippen molar-refractivity contribution in [3.63, 3.8) is 0 Å². The summed E-state index contributed by atoms with van der Waals surface area (Å²) in [6, 6.07) is 14.5. The highest BCUT2D eigenvalue weighted by Gasteiger charge is 2.44. The number of carboxylic acid groups (broad SMARTS) is 1. The molecule has 0 radical (unpaired) electrons. The number of rotatable bonds is 7.